The summed E-state index contributed by atoms with van der Waals surface area (Å²) in [4.78, 5) is 0. The van der Waals surface area contributed by atoms with E-state index in [1.807, 2.05) is 25.1 Å². The van der Waals surface area contributed by atoms with E-state index in [2.05, 4.69) is 5.32 Å². The van der Waals surface area contributed by atoms with Gasteiger partial charge in [0.05, 0.1) is 5.60 Å². The highest BCUT2D eigenvalue weighted by Gasteiger charge is 2.32. The summed E-state index contributed by atoms with van der Waals surface area (Å²) in [6.07, 6.45) is 1.47. The molecule has 0 bridgehead atoms. The van der Waals surface area contributed by atoms with E-state index in [0.29, 0.717) is 5.69 Å². The van der Waals surface area contributed by atoms with Crippen LogP contribution in [0.2, 0.25) is 0 Å². The molecule has 15 heavy (non-hydrogen) atoms. The first-order valence-electron chi connectivity index (χ1n) is 5.41. The zero-order chi connectivity index (χ0) is 10.9. The van der Waals surface area contributed by atoms with E-state index in [9.17, 15) is 5.11 Å². The molecule has 1 heterocycles. The van der Waals surface area contributed by atoms with Crippen LogP contribution in [-0.4, -0.2) is 18.2 Å². The van der Waals surface area contributed by atoms with Crippen molar-refractivity contribution in [2.45, 2.75) is 25.4 Å². The van der Waals surface area contributed by atoms with E-state index < -0.39 is 5.60 Å². The summed E-state index contributed by atoms with van der Waals surface area (Å²) < 4.78 is 0. The summed E-state index contributed by atoms with van der Waals surface area (Å²) in [5, 5.41) is 13.8. The second-order valence-corrected chi connectivity index (χ2v) is 4.37. The number of piperidine rings is 1. The number of hydrogen-bond acceptors (Lipinski definition) is 3. The van der Waals surface area contributed by atoms with Crippen molar-refractivity contribution < 1.29 is 5.11 Å². The minimum absolute atomic E-state index is 0.699. The molecule has 1 aromatic rings. The molecular formula is C12H18N2O. The number of anilines is 1. The monoisotopic (exact) mass is 206 g/mol. The fourth-order valence-electron chi connectivity index (χ4n) is 2.18. The molecule has 1 fully saturated rings. The Balaban J connectivity index is 2.38. The molecule has 0 unspecified atom stereocenters. The Morgan fingerprint density at radius 3 is 2.67 bits per heavy atom. The van der Waals surface area contributed by atoms with Gasteiger partial charge in [0.15, 0.2) is 0 Å². The lowest BCUT2D eigenvalue weighted by atomic mass is 9.83. The highest BCUT2D eigenvalue weighted by atomic mass is 16.3. The molecule has 0 aromatic heterocycles. The molecule has 0 aliphatic carbocycles. The Morgan fingerprint density at radius 1 is 1.33 bits per heavy atom. The molecule has 1 saturated heterocycles. The lowest BCUT2D eigenvalue weighted by Crippen LogP contribution is -2.40. The molecule has 1 aromatic carbocycles. The van der Waals surface area contributed by atoms with Gasteiger partial charge in [-0.15, -0.1) is 0 Å². The van der Waals surface area contributed by atoms with Crippen molar-refractivity contribution in [3.8, 4) is 0 Å². The van der Waals surface area contributed by atoms with E-state index in [-0.39, 0.29) is 0 Å². The van der Waals surface area contributed by atoms with Crippen LogP contribution >= 0.6 is 0 Å². The van der Waals surface area contributed by atoms with Crippen LogP contribution < -0.4 is 11.1 Å². The van der Waals surface area contributed by atoms with Gasteiger partial charge in [0.2, 0.25) is 0 Å². The second-order valence-electron chi connectivity index (χ2n) is 4.37. The molecule has 0 amide bonds. The Kier molecular flexibility index (Phi) is 2.67. The maximum Gasteiger partial charge on any atom is 0.0940 e. The molecule has 1 aliphatic rings. The van der Waals surface area contributed by atoms with E-state index >= 15 is 0 Å². The zero-order valence-electron chi connectivity index (χ0n) is 9.09. The number of nitrogens with one attached hydrogen (secondary N) is 1. The summed E-state index contributed by atoms with van der Waals surface area (Å²) in [6.45, 7) is 3.72. The standard InChI is InChI=1S/C12H18N2O/c1-9-2-3-11(13)10(8-9)12(15)4-6-14-7-5-12/h2-3,8,14-15H,4-7,13H2,1H3. The van der Waals surface area contributed by atoms with Gasteiger partial charge in [-0.3, -0.25) is 0 Å². The Morgan fingerprint density at radius 2 is 2.00 bits per heavy atom. The van der Waals surface area contributed by atoms with Crippen molar-refractivity contribution in [2.24, 2.45) is 0 Å². The summed E-state index contributed by atoms with van der Waals surface area (Å²) in [5.41, 5.74) is 7.93. The van der Waals surface area contributed by atoms with Crippen LogP contribution in [0.3, 0.4) is 0 Å². The Hall–Kier alpha value is -1.06. The van der Waals surface area contributed by atoms with Crippen molar-refractivity contribution >= 4 is 5.69 Å². The fraction of sp³-hybridized carbons (Fsp3) is 0.500. The van der Waals surface area contributed by atoms with Crippen molar-refractivity contribution in [3.63, 3.8) is 0 Å². The predicted molar refractivity (Wildman–Crippen MR) is 61.6 cm³/mol. The van der Waals surface area contributed by atoms with Gasteiger partial charge in [-0.2, -0.15) is 0 Å². The van der Waals surface area contributed by atoms with Crippen LogP contribution in [0.5, 0.6) is 0 Å². The normalized spacial score (nSPS) is 20.1. The molecule has 0 spiro atoms. The number of benzene rings is 1. The predicted octanol–water partition coefficient (Wildman–Crippen LogP) is 1.15. The fourth-order valence-corrected chi connectivity index (χ4v) is 2.18. The van der Waals surface area contributed by atoms with Gasteiger partial charge in [-0.1, -0.05) is 17.7 Å². The van der Waals surface area contributed by atoms with Crippen molar-refractivity contribution in [2.75, 3.05) is 18.8 Å². The van der Waals surface area contributed by atoms with Gasteiger partial charge in [0.25, 0.3) is 0 Å². The third-order valence-corrected chi connectivity index (χ3v) is 3.14. The van der Waals surface area contributed by atoms with E-state index in [4.69, 9.17) is 5.73 Å². The van der Waals surface area contributed by atoms with Crippen LogP contribution in [0.25, 0.3) is 0 Å². The lowest BCUT2D eigenvalue weighted by Gasteiger charge is -2.34. The van der Waals surface area contributed by atoms with E-state index in [1.165, 1.54) is 0 Å². The Labute approximate surface area is 90.3 Å². The number of nitrogens with two attached hydrogens (primary N) is 1. The van der Waals surface area contributed by atoms with E-state index in [1.54, 1.807) is 0 Å². The van der Waals surface area contributed by atoms with Crippen LogP contribution in [-0.2, 0) is 5.60 Å². The average Bonchev–Trinajstić information content (AvgIpc) is 2.23. The summed E-state index contributed by atoms with van der Waals surface area (Å²) in [7, 11) is 0. The van der Waals surface area contributed by atoms with Crippen LogP contribution in [0.1, 0.15) is 24.0 Å². The first-order chi connectivity index (χ1) is 7.12. The largest absolute Gasteiger partial charge is 0.398 e. The minimum atomic E-state index is -0.735. The topological polar surface area (TPSA) is 58.3 Å². The zero-order valence-corrected chi connectivity index (χ0v) is 9.09. The van der Waals surface area contributed by atoms with Crippen LogP contribution in [0, 0.1) is 6.92 Å². The first-order valence-corrected chi connectivity index (χ1v) is 5.41. The quantitative estimate of drug-likeness (QED) is 0.604. The second kappa shape index (κ2) is 3.83. The van der Waals surface area contributed by atoms with Crippen molar-refractivity contribution in [1.82, 2.24) is 5.32 Å². The summed E-state index contributed by atoms with van der Waals surface area (Å²) >= 11 is 0. The molecule has 4 N–H and O–H groups in total. The van der Waals surface area contributed by atoms with Crippen molar-refractivity contribution in [3.05, 3.63) is 29.3 Å². The van der Waals surface area contributed by atoms with Gasteiger partial charge in [-0.05, 0) is 38.9 Å². The SMILES string of the molecule is Cc1ccc(N)c(C2(O)CCNCC2)c1. The molecule has 0 radical (unpaired) electrons. The molecule has 3 nitrogen and oxygen atoms in total. The summed E-state index contributed by atoms with van der Waals surface area (Å²) in [5.74, 6) is 0. The van der Waals surface area contributed by atoms with Gasteiger partial charge < -0.3 is 16.2 Å². The molecular weight excluding hydrogens is 188 g/mol. The lowest BCUT2D eigenvalue weighted by molar-refractivity contribution is 0.00661. The third-order valence-electron chi connectivity index (χ3n) is 3.14. The first kappa shape index (κ1) is 10.5. The van der Waals surface area contributed by atoms with Gasteiger partial charge in [0.1, 0.15) is 0 Å². The van der Waals surface area contributed by atoms with Crippen molar-refractivity contribution in [1.29, 1.82) is 0 Å². The maximum absolute atomic E-state index is 10.5. The van der Waals surface area contributed by atoms with Gasteiger partial charge in [-0.25, -0.2) is 0 Å². The molecule has 0 atom stereocenters. The highest BCUT2D eigenvalue weighted by molar-refractivity contribution is 5.51. The van der Waals surface area contributed by atoms with Crippen LogP contribution in [0.15, 0.2) is 18.2 Å². The maximum atomic E-state index is 10.5. The van der Waals surface area contributed by atoms with E-state index in [0.717, 1.165) is 37.1 Å². The molecule has 0 saturated carbocycles. The Bertz CT molecular complexity index is 357. The number of nitrogen functional groups attached to an aromatic ring is 1. The third kappa shape index (κ3) is 1.98. The average molecular weight is 206 g/mol. The van der Waals surface area contributed by atoms with Gasteiger partial charge >= 0.3 is 0 Å². The van der Waals surface area contributed by atoms with Gasteiger partial charge in [0, 0.05) is 11.3 Å². The highest BCUT2D eigenvalue weighted by Crippen LogP contribution is 2.34. The number of aryl methyl sites for hydroxylation is 1. The molecule has 2 rings (SSSR count). The minimum Gasteiger partial charge on any atom is -0.398 e. The summed E-state index contributed by atoms with van der Waals surface area (Å²) in [6, 6.07) is 5.86. The smallest absolute Gasteiger partial charge is 0.0940 e. The number of hydrogen-bond donors (Lipinski definition) is 3. The number of aliphatic hydroxyl groups is 1. The number of rotatable bonds is 1. The van der Waals surface area contributed by atoms with Crippen LogP contribution in [0.4, 0.5) is 5.69 Å². The molecule has 3 heteroatoms. The molecule has 1 aliphatic heterocycles. The molecule has 82 valence electrons.